The number of nitrogens with zero attached hydrogens (tertiary/aromatic N) is 2. The van der Waals surface area contributed by atoms with Crippen molar-refractivity contribution in [2.24, 2.45) is 0 Å². The van der Waals surface area contributed by atoms with Gasteiger partial charge in [0.2, 0.25) is 0 Å². The van der Waals surface area contributed by atoms with Crippen LogP contribution in [0.5, 0.6) is 0 Å². The van der Waals surface area contributed by atoms with E-state index in [-0.39, 0.29) is 13.1 Å². The third-order valence-corrected chi connectivity index (χ3v) is 2.17. The second-order valence-corrected chi connectivity index (χ2v) is 4.00. The third kappa shape index (κ3) is 13.9. The zero-order valence-electron chi connectivity index (χ0n) is 11.7. The molecule has 0 spiro atoms. The highest BCUT2D eigenvalue weighted by Crippen LogP contribution is 1.94. The predicted octanol–water partition coefficient (Wildman–Crippen LogP) is -2.26. The predicted molar refractivity (Wildman–Crippen MR) is 70.5 cm³/mol. The van der Waals surface area contributed by atoms with Gasteiger partial charge in [-0.25, -0.2) is 0 Å². The fourth-order valence-electron chi connectivity index (χ4n) is 1.48. The first-order chi connectivity index (χ1) is 10.2. The molecule has 4 N–H and O–H groups in total. The molecule has 0 aromatic heterocycles. The molecule has 0 saturated heterocycles. The van der Waals surface area contributed by atoms with Crippen LogP contribution in [-0.2, 0) is 24.0 Å². The molecule has 0 aromatic carbocycles. The van der Waals surface area contributed by atoms with Crippen LogP contribution in [0.3, 0.4) is 0 Å². The average molecular weight is 322 g/mol. The zero-order chi connectivity index (χ0) is 17.7. The van der Waals surface area contributed by atoms with Crippen LogP contribution in [0, 0.1) is 0 Å². The van der Waals surface area contributed by atoms with Crippen LogP contribution in [0.4, 0.5) is 0 Å². The zero-order valence-corrected chi connectivity index (χ0v) is 11.7. The molecule has 0 rings (SSSR count). The SMILES string of the molecule is C=O.O=C(O)CN(CCN(CC(=O)O)CC(=O)O)CC(=O)O. The summed E-state index contributed by atoms with van der Waals surface area (Å²) in [6, 6.07) is 0. The number of carbonyl (C=O) groups excluding carboxylic acids is 1. The lowest BCUT2D eigenvalue weighted by atomic mass is 10.4. The van der Waals surface area contributed by atoms with Gasteiger partial charge in [0.25, 0.3) is 0 Å². The third-order valence-electron chi connectivity index (χ3n) is 2.17. The van der Waals surface area contributed by atoms with Crippen molar-refractivity contribution in [3.63, 3.8) is 0 Å². The molecule has 0 aromatic rings. The van der Waals surface area contributed by atoms with Crippen LogP contribution in [-0.4, -0.2) is 100 Å². The minimum atomic E-state index is -1.23. The smallest absolute Gasteiger partial charge is 0.317 e. The summed E-state index contributed by atoms with van der Waals surface area (Å²) in [6.07, 6.45) is 0. The minimum absolute atomic E-state index is 0.0703. The van der Waals surface area contributed by atoms with Gasteiger partial charge in [-0.15, -0.1) is 0 Å². The first-order valence-corrected chi connectivity index (χ1v) is 5.81. The molecule has 0 radical (unpaired) electrons. The van der Waals surface area contributed by atoms with E-state index >= 15 is 0 Å². The van der Waals surface area contributed by atoms with E-state index in [1.54, 1.807) is 0 Å². The van der Waals surface area contributed by atoms with Crippen LogP contribution in [0.15, 0.2) is 0 Å². The van der Waals surface area contributed by atoms with Gasteiger partial charge in [-0.2, -0.15) is 0 Å². The van der Waals surface area contributed by atoms with E-state index in [1.165, 1.54) is 0 Å². The maximum atomic E-state index is 10.6. The van der Waals surface area contributed by atoms with Crippen LogP contribution in [0.25, 0.3) is 0 Å². The van der Waals surface area contributed by atoms with Crippen molar-refractivity contribution in [2.45, 2.75) is 0 Å². The molecule has 0 saturated carbocycles. The van der Waals surface area contributed by atoms with E-state index in [1.807, 2.05) is 6.79 Å². The van der Waals surface area contributed by atoms with Crippen LogP contribution in [0.2, 0.25) is 0 Å². The molecular formula is C11H18N2O9. The molecule has 11 nitrogen and oxygen atoms in total. The van der Waals surface area contributed by atoms with E-state index < -0.39 is 50.1 Å². The lowest BCUT2D eigenvalue weighted by molar-refractivity contribution is -0.145. The quantitative estimate of drug-likeness (QED) is 0.323. The molecule has 22 heavy (non-hydrogen) atoms. The summed E-state index contributed by atoms with van der Waals surface area (Å²) in [5.74, 6) is -4.91. The van der Waals surface area contributed by atoms with Crippen LogP contribution >= 0.6 is 0 Å². The van der Waals surface area contributed by atoms with Crippen molar-refractivity contribution in [1.82, 2.24) is 9.80 Å². The summed E-state index contributed by atoms with van der Waals surface area (Å²) in [5.41, 5.74) is 0. The molecular weight excluding hydrogens is 304 g/mol. The summed E-state index contributed by atoms with van der Waals surface area (Å²) >= 11 is 0. The van der Waals surface area contributed by atoms with Crippen molar-refractivity contribution in [3.8, 4) is 0 Å². The Morgan fingerprint density at radius 2 is 0.773 bits per heavy atom. The van der Waals surface area contributed by atoms with Gasteiger partial charge < -0.3 is 25.2 Å². The number of carbonyl (C=O) groups is 5. The number of rotatable bonds is 11. The minimum Gasteiger partial charge on any atom is -0.480 e. The molecule has 0 fully saturated rings. The van der Waals surface area contributed by atoms with E-state index in [9.17, 15) is 19.2 Å². The standard InChI is InChI=1S/C10H16N2O8.CH2O/c13-7(14)3-11(4-8(15)16)1-2-12(5-9(17)18)6-10(19)20;1-2/h1-6H2,(H,13,14)(H,15,16)(H,17,18)(H,19,20);1H2. The van der Waals surface area contributed by atoms with Gasteiger partial charge in [-0.3, -0.25) is 29.0 Å². The van der Waals surface area contributed by atoms with Crippen molar-refractivity contribution in [2.75, 3.05) is 39.3 Å². The van der Waals surface area contributed by atoms with Crippen molar-refractivity contribution < 1.29 is 44.4 Å². The highest BCUT2D eigenvalue weighted by molar-refractivity contribution is 5.73. The van der Waals surface area contributed by atoms with E-state index in [4.69, 9.17) is 25.2 Å². The van der Waals surface area contributed by atoms with E-state index in [0.29, 0.717) is 0 Å². The maximum Gasteiger partial charge on any atom is 0.317 e. The fourth-order valence-corrected chi connectivity index (χ4v) is 1.48. The maximum absolute atomic E-state index is 10.6. The molecule has 0 heterocycles. The van der Waals surface area contributed by atoms with Gasteiger partial charge in [-0.1, -0.05) is 0 Å². The fraction of sp³-hybridized carbons (Fsp3) is 0.545. The Morgan fingerprint density at radius 1 is 0.591 bits per heavy atom. The van der Waals surface area contributed by atoms with Crippen LogP contribution in [0.1, 0.15) is 0 Å². The highest BCUT2D eigenvalue weighted by Gasteiger charge is 2.17. The van der Waals surface area contributed by atoms with Gasteiger partial charge in [-0.05, 0) is 0 Å². The highest BCUT2D eigenvalue weighted by atomic mass is 16.4. The first kappa shape index (κ1) is 21.8. The van der Waals surface area contributed by atoms with Gasteiger partial charge in [0.1, 0.15) is 6.79 Å². The lowest BCUT2D eigenvalue weighted by Crippen LogP contribution is -2.43. The normalized spacial score (nSPS) is 9.91. The largest absolute Gasteiger partial charge is 0.480 e. The molecule has 0 unspecified atom stereocenters. The Bertz CT molecular complexity index is 331. The Balaban J connectivity index is 0. The Labute approximate surface area is 125 Å². The molecule has 0 atom stereocenters. The van der Waals surface area contributed by atoms with Crippen molar-refractivity contribution in [3.05, 3.63) is 0 Å². The summed E-state index contributed by atoms with van der Waals surface area (Å²) in [6.45, 7) is -0.251. The average Bonchev–Trinajstić information content (AvgIpc) is 2.35. The number of hydrogen-bond donors (Lipinski definition) is 4. The monoisotopic (exact) mass is 322 g/mol. The molecule has 126 valence electrons. The van der Waals surface area contributed by atoms with Gasteiger partial charge in [0.15, 0.2) is 0 Å². The number of aliphatic carboxylic acids is 4. The molecule has 0 aliphatic carbocycles. The second kappa shape index (κ2) is 12.2. The number of hydrogen-bond acceptors (Lipinski definition) is 7. The molecule has 11 heteroatoms. The van der Waals surface area contributed by atoms with Crippen molar-refractivity contribution in [1.29, 1.82) is 0 Å². The van der Waals surface area contributed by atoms with Gasteiger partial charge in [0, 0.05) is 13.1 Å². The summed E-state index contributed by atoms with van der Waals surface area (Å²) in [7, 11) is 0. The summed E-state index contributed by atoms with van der Waals surface area (Å²) in [4.78, 5) is 52.4. The first-order valence-electron chi connectivity index (χ1n) is 5.81. The van der Waals surface area contributed by atoms with Crippen LogP contribution < -0.4 is 0 Å². The molecule has 0 bridgehead atoms. The lowest BCUT2D eigenvalue weighted by Gasteiger charge is -2.23. The topological polar surface area (TPSA) is 173 Å². The Hall–Kier alpha value is -2.53. The number of carboxylic acid groups (broad SMARTS) is 4. The Morgan fingerprint density at radius 3 is 0.909 bits per heavy atom. The molecule has 0 aliphatic heterocycles. The Kier molecular flexibility index (Phi) is 12.1. The van der Waals surface area contributed by atoms with E-state index in [0.717, 1.165) is 9.80 Å². The van der Waals surface area contributed by atoms with Gasteiger partial charge in [0.05, 0.1) is 26.2 Å². The molecule has 0 amide bonds. The van der Waals surface area contributed by atoms with Gasteiger partial charge >= 0.3 is 23.9 Å². The van der Waals surface area contributed by atoms with Crippen molar-refractivity contribution >= 4 is 30.7 Å². The number of carboxylic acids is 4. The molecule has 0 aliphatic rings. The summed E-state index contributed by atoms with van der Waals surface area (Å²) < 4.78 is 0. The second-order valence-electron chi connectivity index (χ2n) is 4.00. The summed E-state index contributed by atoms with van der Waals surface area (Å²) in [5, 5.41) is 34.5. The van der Waals surface area contributed by atoms with E-state index in [2.05, 4.69) is 0 Å².